The molecule has 0 radical (unpaired) electrons. The van der Waals surface area contributed by atoms with Crippen LogP contribution in [0.1, 0.15) is 33.6 Å². The Kier molecular flexibility index (Phi) is 4.54. The number of rotatable bonds is 4. The van der Waals surface area contributed by atoms with Crippen molar-refractivity contribution in [1.82, 2.24) is 10.0 Å². The molecule has 1 amide bonds. The highest BCUT2D eigenvalue weighted by Crippen LogP contribution is 2.16. The normalized spacial score (nSPS) is 21.1. The van der Waals surface area contributed by atoms with Crippen molar-refractivity contribution in [3.8, 4) is 0 Å². The van der Waals surface area contributed by atoms with Crippen LogP contribution in [0, 0.1) is 5.92 Å². The Morgan fingerprint density at radius 3 is 2.60 bits per heavy atom. The molecular weight excluding hydrogens is 192 g/mol. The second kappa shape index (κ2) is 5.47. The average Bonchev–Trinajstić information content (AvgIpc) is 2.17. The third-order valence-electron chi connectivity index (χ3n) is 2.69. The summed E-state index contributed by atoms with van der Waals surface area (Å²) >= 11 is 0. The number of aliphatic hydroxyl groups excluding tert-OH is 1. The highest BCUT2D eigenvalue weighted by molar-refractivity contribution is 5.76. The molecule has 88 valence electrons. The van der Waals surface area contributed by atoms with E-state index in [4.69, 9.17) is 5.11 Å². The Labute approximate surface area is 91.8 Å². The summed E-state index contributed by atoms with van der Waals surface area (Å²) in [7, 11) is 0. The number of aliphatic hydroxyl groups is 1. The number of hydrazine groups is 1. The van der Waals surface area contributed by atoms with E-state index in [0.29, 0.717) is 6.42 Å². The van der Waals surface area contributed by atoms with Gasteiger partial charge in [0, 0.05) is 32.2 Å². The summed E-state index contributed by atoms with van der Waals surface area (Å²) < 4.78 is 0. The summed E-state index contributed by atoms with van der Waals surface area (Å²) in [5, 5.41) is 12.9. The Balaban J connectivity index is 2.62. The molecular formula is C11H22N2O2. The summed E-state index contributed by atoms with van der Waals surface area (Å²) in [5.74, 6) is 0.429. The molecule has 1 aliphatic heterocycles. The van der Waals surface area contributed by atoms with E-state index in [1.807, 2.05) is 25.8 Å². The molecule has 0 saturated carbocycles. The van der Waals surface area contributed by atoms with Gasteiger partial charge in [-0.05, 0) is 26.2 Å². The number of amides is 1. The third kappa shape index (κ3) is 3.18. The lowest BCUT2D eigenvalue weighted by Gasteiger charge is -2.42. The molecule has 1 heterocycles. The zero-order chi connectivity index (χ0) is 11.4. The molecule has 1 fully saturated rings. The molecule has 15 heavy (non-hydrogen) atoms. The first-order valence-electron chi connectivity index (χ1n) is 5.74. The molecule has 1 saturated heterocycles. The first kappa shape index (κ1) is 12.5. The van der Waals surface area contributed by atoms with Gasteiger partial charge in [-0.1, -0.05) is 6.92 Å². The van der Waals surface area contributed by atoms with Gasteiger partial charge < -0.3 is 5.11 Å². The monoisotopic (exact) mass is 214 g/mol. The largest absolute Gasteiger partial charge is 0.396 e. The molecule has 1 N–H and O–H groups in total. The van der Waals surface area contributed by atoms with Gasteiger partial charge in [0.2, 0.25) is 5.91 Å². The minimum atomic E-state index is 0.177. The lowest BCUT2D eigenvalue weighted by atomic mass is 10.1. The van der Waals surface area contributed by atoms with Crippen molar-refractivity contribution in [3.63, 3.8) is 0 Å². The van der Waals surface area contributed by atoms with Gasteiger partial charge in [-0.2, -0.15) is 0 Å². The van der Waals surface area contributed by atoms with Crippen molar-refractivity contribution in [1.29, 1.82) is 0 Å². The summed E-state index contributed by atoms with van der Waals surface area (Å²) in [6.07, 6.45) is 1.59. The lowest BCUT2D eigenvalue weighted by Crippen LogP contribution is -2.55. The van der Waals surface area contributed by atoms with Gasteiger partial charge in [0.25, 0.3) is 0 Å². The summed E-state index contributed by atoms with van der Waals surface area (Å²) in [5.41, 5.74) is 0. The number of hydrogen-bond donors (Lipinski definition) is 1. The van der Waals surface area contributed by atoms with E-state index in [-0.39, 0.29) is 24.5 Å². The molecule has 4 heteroatoms. The fourth-order valence-corrected chi connectivity index (χ4v) is 2.00. The van der Waals surface area contributed by atoms with Crippen molar-refractivity contribution < 1.29 is 9.90 Å². The summed E-state index contributed by atoms with van der Waals surface area (Å²) in [4.78, 5) is 11.7. The lowest BCUT2D eigenvalue weighted by molar-refractivity contribution is -0.162. The van der Waals surface area contributed by atoms with E-state index >= 15 is 0 Å². The zero-order valence-corrected chi connectivity index (χ0v) is 9.94. The molecule has 0 aromatic rings. The van der Waals surface area contributed by atoms with Gasteiger partial charge in [0.05, 0.1) is 0 Å². The topological polar surface area (TPSA) is 43.8 Å². The average molecular weight is 214 g/mol. The Morgan fingerprint density at radius 2 is 2.07 bits per heavy atom. The summed E-state index contributed by atoms with van der Waals surface area (Å²) in [6, 6.07) is 0.212. The van der Waals surface area contributed by atoms with E-state index in [1.165, 1.54) is 0 Å². The number of hydrogen-bond acceptors (Lipinski definition) is 3. The van der Waals surface area contributed by atoms with Gasteiger partial charge in [-0.25, -0.2) is 5.01 Å². The number of nitrogens with zero attached hydrogens (tertiary/aromatic N) is 2. The van der Waals surface area contributed by atoms with Crippen LogP contribution >= 0.6 is 0 Å². The van der Waals surface area contributed by atoms with E-state index < -0.39 is 0 Å². The number of carbonyl (C=O) groups is 1. The molecule has 0 aliphatic carbocycles. The van der Waals surface area contributed by atoms with Crippen LogP contribution in [-0.4, -0.2) is 46.8 Å². The van der Waals surface area contributed by atoms with E-state index in [9.17, 15) is 4.79 Å². The Morgan fingerprint density at radius 1 is 1.40 bits per heavy atom. The van der Waals surface area contributed by atoms with Crippen molar-refractivity contribution >= 4 is 5.91 Å². The molecule has 0 spiro atoms. The third-order valence-corrected chi connectivity index (χ3v) is 2.69. The Bertz CT molecular complexity index is 219. The highest BCUT2D eigenvalue weighted by atomic mass is 16.3. The van der Waals surface area contributed by atoms with Crippen LogP contribution in [0.3, 0.4) is 0 Å². The number of carbonyl (C=O) groups excluding carboxylic acids is 1. The fraction of sp³-hybridized carbons (Fsp3) is 0.909. The van der Waals surface area contributed by atoms with Crippen LogP contribution in [0.2, 0.25) is 0 Å². The van der Waals surface area contributed by atoms with Gasteiger partial charge in [-0.15, -0.1) is 0 Å². The van der Waals surface area contributed by atoms with E-state index in [0.717, 1.165) is 19.5 Å². The predicted octanol–water partition coefficient (Wildman–Crippen LogP) is 0.863. The van der Waals surface area contributed by atoms with Crippen molar-refractivity contribution in [3.05, 3.63) is 0 Å². The van der Waals surface area contributed by atoms with Crippen LogP contribution < -0.4 is 0 Å². The van der Waals surface area contributed by atoms with Crippen molar-refractivity contribution in [2.75, 3.05) is 19.7 Å². The van der Waals surface area contributed by atoms with E-state index in [1.54, 1.807) is 0 Å². The minimum Gasteiger partial charge on any atom is -0.396 e. The fourth-order valence-electron chi connectivity index (χ4n) is 2.00. The molecule has 1 rings (SSSR count). The molecule has 1 aliphatic rings. The maximum absolute atomic E-state index is 11.7. The smallest absolute Gasteiger partial charge is 0.237 e. The van der Waals surface area contributed by atoms with Crippen molar-refractivity contribution in [2.24, 2.45) is 5.92 Å². The minimum absolute atomic E-state index is 0.177. The van der Waals surface area contributed by atoms with Crippen LogP contribution in [0.15, 0.2) is 0 Å². The first-order valence-corrected chi connectivity index (χ1v) is 5.74. The SMILES string of the molecule is CC(CO)CN1CCCC(=O)N1C(C)C. The van der Waals surface area contributed by atoms with Crippen LogP contribution in [0.4, 0.5) is 0 Å². The molecule has 0 aromatic carbocycles. The highest BCUT2D eigenvalue weighted by Gasteiger charge is 2.28. The standard InChI is InChI=1S/C11H22N2O2/c1-9(2)13-11(15)5-4-6-12(13)7-10(3)8-14/h9-10,14H,4-8H2,1-3H3. The summed E-state index contributed by atoms with van der Waals surface area (Å²) in [6.45, 7) is 7.92. The van der Waals surface area contributed by atoms with Crippen LogP contribution in [0.5, 0.6) is 0 Å². The Hall–Kier alpha value is -0.610. The second-order valence-electron chi connectivity index (χ2n) is 4.64. The van der Waals surface area contributed by atoms with Crippen LogP contribution in [0.25, 0.3) is 0 Å². The molecule has 4 nitrogen and oxygen atoms in total. The zero-order valence-electron chi connectivity index (χ0n) is 9.94. The van der Waals surface area contributed by atoms with E-state index in [2.05, 4.69) is 5.01 Å². The molecule has 1 unspecified atom stereocenters. The van der Waals surface area contributed by atoms with Gasteiger partial charge in [-0.3, -0.25) is 9.80 Å². The van der Waals surface area contributed by atoms with Crippen LogP contribution in [-0.2, 0) is 4.79 Å². The first-order chi connectivity index (χ1) is 7.06. The maximum atomic E-state index is 11.7. The molecule has 1 atom stereocenters. The van der Waals surface area contributed by atoms with Crippen molar-refractivity contribution in [2.45, 2.75) is 39.7 Å². The van der Waals surface area contributed by atoms with Gasteiger partial charge >= 0.3 is 0 Å². The predicted molar refractivity (Wildman–Crippen MR) is 59.0 cm³/mol. The molecule has 0 aromatic heterocycles. The second-order valence-corrected chi connectivity index (χ2v) is 4.64. The quantitative estimate of drug-likeness (QED) is 0.755. The molecule has 0 bridgehead atoms. The van der Waals surface area contributed by atoms with Gasteiger partial charge in [0.15, 0.2) is 0 Å². The maximum Gasteiger partial charge on any atom is 0.237 e. The van der Waals surface area contributed by atoms with Gasteiger partial charge in [0.1, 0.15) is 0 Å².